The van der Waals surface area contributed by atoms with Crippen LogP contribution in [-0.4, -0.2) is 163 Å². The van der Waals surface area contributed by atoms with Crippen LogP contribution >= 0.6 is 58.8 Å². The van der Waals surface area contributed by atoms with Gasteiger partial charge in [-0.1, -0.05) is 0 Å². The van der Waals surface area contributed by atoms with Crippen molar-refractivity contribution in [3.05, 3.63) is 0 Å². The lowest BCUT2D eigenvalue weighted by molar-refractivity contribution is -0.197. The summed E-state index contributed by atoms with van der Waals surface area (Å²) >= 11 is 9.52. The molecule has 388 valence electrons. The molecule has 4 unspecified atom stereocenters. The average Bonchev–Trinajstić information content (AvgIpc) is 3.79. The molecule has 69 heavy (non-hydrogen) atoms. The molecule has 0 aromatic rings. The standard InChI is InChI=1S/C19H32N2O4S3.C17H18N2O10.C8H18N2S2/c1-26-11-9-20-18(24)7-3-14(22)13-15(23)4-8-19(25)21-10-12-28-17-6-5-16(17)27-2;20-10(1-7-16(26)28-18-12(22)3-4-13(18)23)9-11(21)2-8-17(27)29-19-14(24)5-6-15(19)25;9-3-5-11-7-1-2-8(7)12-6-4-10/h16-17H,3-13H2,1-2H3,(H,20,24)(H,21,25);1-9H2;7-8H,1-6,9-10H2. The fraction of sp³-hybridized carbons (Fsp3) is 0.727. The summed E-state index contributed by atoms with van der Waals surface area (Å²) in [5, 5.41) is 9.46. The van der Waals surface area contributed by atoms with Gasteiger partial charge in [-0.15, -0.1) is 10.1 Å². The molecule has 0 aromatic carbocycles. The van der Waals surface area contributed by atoms with Crippen molar-refractivity contribution in [2.75, 3.05) is 61.7 Å². The van der Waals surface area contributed by atoms with Gasteiger partial charge in [-0.3, -0.25) is 47.9 Å². The first-order chi connectivity index (χ1) is 33.0. The lowest BCUT2D eigenvalue weighted by Crippen LogP contribution is -2.33. The highest BCUT2D eigenvalue weighted by Crippen LogP contribution is 2.40. The van der Waals surface area contributed by atoms with E-state index in [9.17, 15) is 57.5 Å². The number of carbonyl (C=O) groups is 12. The summed E-state index contributed by atoms with van der Waals surface area (Å²) in [6.07, 6.45) is 7.27. The van der Waals surface area contributed by atoms with Crippen LogP contribution in [0.3, 0.4) is 0 Å². The summed E-state index contributed by atoms with van der Waals surface area (Å²) in [6.45, 7) is 2.82. The predicted octanol–water partition coefficient (Wildman–Crippen LogP) is 2.49. The van der Waals surface area contributed by atoms with E-state index in [1.54, 1.807) is 11.8 Å². The molecule has 2 aliphatic carbocycles. The maximum atomic E-state index is 11.8. The second-order valence-corrected chi connectivity index (χ2v) is 22.1. The van der Waals surface area contributed by atoms with Crippen molar-refractivity contribution in [2.24, 2.45) is 11.5 Å². The zero-order valence-electron chi connectivity index (χ0n) is 39.5. The average molecular weight is 1070 g/mol. The first kappa shape index (κ1) is 61.6. The Morgan fingerprint density at radius 1 is 0.493 bits per heavy atom. The van der Waals surface area contributed by atoms with Crippen LogP contribution in [0.15, 0.2) is 0 Å². The molecule has 4 rings (SSSR count). The maximum Gasteiger partial charge on any atom is 0.333 e. The summed E-state index contributed by atoms with van der Waals surface area (Å²) in [4.78, 5) is 148. The number of amides is 6. The van der Waals surface area contributed by atoms with Crippen molar-refractivity contribution in [3.63, 3.8) is 0 Å². The van der Waals surface area contributed by atoms with Crippen LogP contribution in [0.25, 0.3) is 0 Å². The molecular weight excluding hydrogens is 997 g/mol. The van der Waals surface area contributed by atoms with Gasteiger partial charge in [0.1, 0.15) is 23.1 Å². The number of thioether (sulfide) groups is 5. The van der Waals surface area contributed by atoms with Crippen LogP contribution in [0.2, 0.25) is 0 Å². The Hall–Kier alpha value is -3.49. The molecule has 0 radical (unpaired) electrons. The van der Waals surface area contributed by atoms with Crippen LogP contribution < -0.4 is 22.1 Å². The highest BCUT2D eigenvalue weighted by atomic mass is 32.2. The first-order valence-corrected chi connectivity index (χ1v) is 28.8. The molecule has 0 bridgehead atoms. The number of rotatable bonds is 32. The second kappa shape index (κ2) is 35.6. The Morgan fingerprint density at radius 3 is 1.16 bits per heavy atom. The SMILES string of the molecule is CSCCNC(=O)CCC(=O)CC(=O)CCC(=O)NCCSC1CCC1SC.NCCSC1CCC1SCCN.O=C(CCC(=O)ON1C(=O)CCC1=O)CC(=O)CCC(=O)ON1C(=O)CCC1=O. The third-order valence-corrected chi connectivity index (χ3v) is 17.0. The van der Waals surface area contributed by atoms with E-state index in [2.05, 4.69) is 26.6 Å². The molecule has 4 atom stereocenters. The fourth-order valence-electron chi connectivity index (χ4n) is 6.42. The van der Waals surface area contributed by atoms with E-state index in [-0.39, 0.29) is 94.0 Å². The Balaban J connectivity index is 0.000000383. The van der Waals surface area contributed by atoms with Gasteiger partial charge in [0.15, 0.2) is 0 Å². The van der Waals surface area contributed by atoms with E-state index in [1.165, 1.54) is 25.7 Å². The van der Waals surface area contributed by atoms with Gasteiger partial charge in [-0.2, -0.15) is 58.8 Å². The summed E-state index contributed by atoms with van der Waals surface area (Å²) in [5.74, 6) is -2.54. The molecule has 2 heterocycles. The van der Waals surface area contributed by atoms with Crippen LogP contribution in [0.1, 0.15) is 116 Å². The van der Waals surface area contributed by atoms with Crippen LogP contribution in [0.4, 0.5) is 0 Å². The monoisotopic (exact) mass is 1060 g/mol. The van der Waals surface area contributed by atoms with Crippen LogP contribution in [0, 0.1) is 0 Å². The number of ketones is 4. The Morgan fingerprint density at radius 2 is 0.826 bits per heavy atom. The molecule has 20 nitrogen and oxygen atoms in total. The molecule has 6 N–H and O–H groups in total. The molecule has 2 saturated carbocycles. The topological polar surface area (TPSA) is 306 Å². The molecule has 25 heteroatoms. The van der Waals surface area contributed by atoms with Gasteiger partial charge in [0, 0.05) is 134 Å². The number of nitrogens with two attached hydrogens (primary N) is 2. The van der Waals surface area contributed by atoms with Gasteiger partial charge in [0.2, 0.25) is 11.8 Å². The van der Waals surface area contributed by atoms with Gasteiger partial charge in [-0.05, 0) is 38.2 Å². The van der Waals surface area contributed by atoms with Gasteiger partial charge in [0.25, 0.3) is 23.6 Å². The number of carbonyl (C=O) groups excluding carboxylic acids is 12. The minimum absolute atomic E-state index is 0.0535. The highest BCUT2D eigenvalue weighted by Gasteiger charge is 2.35. The largest absolute Gasteiger partial charge is 0.355 e. The van der Waals surface area contributed by atoms with Crippen LogP contribution in [0.5, 0.6) is 0 Å². The Labute approximate surface area is 424 Å². The van der Waals surface area contributed by atoms with Crippen molar-refractivity contribution < 1.29 is 67.2 Å². The van der Waals surface area contributed by atoms with Gasteiger partial charge >= 0.3 is 11.9 Å². The first-order valence-electron chi connectivity index (χ1n) is 23.0. The van der Waals surface area contributed by atoms with Crippen molar-refractivity contribution >= 4 is 129 Å². The highest BCUT2D eigenvalue weighted by molar-refractivity contribution is 8.04. The summed E-state index contributed by atoms with van der Waals surface area (Å²) in [6, 6.07) is 0. The molecular formula is C44H68N6O14S5. The minimum atomic E-state index is -0.960. The van der Waals surface area contributed by atoms with Crippen LogP contribution in [-0.2, 0) is 67.2 Å². The number of Topliss-reactive ketones (excluding diaryl/α,β-unsaturated/α-hetero) is 4. The van der Waals surface area contributed by atoms with E-state index in [0.29, 0.717) is 28.5 Å². The van der Waals surface area contributed by atoms with E-state index >= 15 is 0 Å². The zero-order chi connectivity index (χ0) is 51.1. The van der Waals surface area contributed by atoms with E-state index in [0.717, 1.165) is 51.9 Å². The zero-order valence-corrected chi connectivity index (χ0v) is 43.6. The van der Waals surface area contributed by atoms with Gasteiger partial charge in [0.05, 0.1) is 25.7 Å². The normalized spacial score (nSPS) is 19.2. The molecule has 6 amide bonds. The van der Waals surface area contributed by atoms with E-state index < -0.39 is 66.4 Å². The smallest absolute Gasteiger partial charge is 0.333 e. The number of hydrogen-bond donors (Lipinski definition) is 4. The fourth-order valence-corrected chi connectivity index (χ4v) is 11.9. The minimum Gasteiger partial charge on any atom is -0.355 e. The molecule has 4 aliphatic rings. The molecule has 2 saturated heterocycles. The summed E-state index contributed by atoms with van der Waals surface area (Å²) in [7, 11) is 0. The van der Waals surface area contributed by atoms with Gasteiger partial charge in [-0.25, -0.2) is 9.59 Å². The Bertz CT molecular complexity index is 1680. The Kier molecular flexibility index (Phi) is 31.8. The van der Waals surface area contributed by atoms with Gasteiger partial charge < -0.3 is 31.8 Å². The number of hydroxylamine groups is 4. The third-order valence-electron chi connectivity index (χ3n) is 10.6. The number of nitrogens with zero attached hydrogens (tertiary/aromatic N) is 2. The van der Waals surface area contributed by atoms with E-state index in [1.807, 2.05) is 53.3 Å². The quantitative estimate of drug-likeness (QED) is 0.0427. The number of hydrogen-bond acceptors (Lipinski definition) is 21. The summed E-state index contributed by atoms with van der Waals surface area (Å²) in [5.41, 5.74) is 10.9. The van der Waals surface area contributed by atoms with Crippen molar-refractivity contribution in [1.82, 2.24) is 20.8 Å². The van der Waals surface area contributed by atoms with Crippen molar-refractivity contribution in [1.29, 1.82) is 0 Å². The summed E-state index contributed by atoms with van der Waals surface area (Å²) < 4.78 is 0. The van der Waals surface area contributed by atoms with Crippen molar-refractivity contribution in [3.8, 4) is 0 Å². The molecule has 0 spiro atoms. The number of nitrogens with one attached hydrogen (secondary N) is 2. The lowest BCUT2D eigenvalue weighted by Gasteiger charge is -2.35. The molecule has 2 aliphatic heterocycles. The van der Waals surface area contributed by atoms with Crippen molar-refractivity contribution in [2.45, 2.75) is 137 Å². The van der Waals surface area contributed by atoms with E-state index in [4.69, 9.17) is 11.5 Å². The third kappa shape index (κ3) is 26.0. The lowest BCUT2D eigenvalue weighted by atomic mass is 9.99. The second-order valence-electron chi connectivity index (χ2n) is 16.0. The number of imide groups is 2. The molecule has 0 aromatic heterocycles. The maximum absolute atomic E-state index is 11.8. The predicted molar refractivity (Wildman–Crippen MR) is 268 cm³/mol. The molecule has 4 fully saturated rings.